The normalized spacial score (nSPS) is 16.1. The molecule has 1 heterocycles. The van der Waals surface area contributed by atoms with Gasteiger partial charge < -0.3 is 15.4 Å². The van der Waals surface area contributed by atoms with Crippen molar-refractivity contribution in [1.82, 2.24) is 10.6 Å². The van der Waals surface area contributed by atoms with Crippen molar-refractivity contribution in [3.8, 4) is 5.75 Å². The first-order chi connectivity index (χ1) is 13.4. The van der Waals surface area contributed by atoms with Crippen LogP contribution in [0.15, 0.2) is 47.4 Å². The molecule has 0 aromatic heterocycles. The quantitative estimate of drug-likeness (QED) is 0.609. The van der Waals surface area contributed by atoms with E-state index in [0.29, 0.717) is 11.5 Å². The molecule has 0 saturated carbocycles. The van der Waals surface area contributed by atoms with Crippen molar-refractivity contribution in [2.45, 2.75) is 24.3 Å². The molecule has 0 aliphatic carbocycles. The third kappa shape index (κ3) is 6.17. The van der Waals surface area contributed by atoms with Gasteiger partial charge in [-0.3, -0.25) is 4.79 Å². The molecule has 0 bridgehead atoms. The van der Waals surface area contributed by atoms with Crippen LogP contribution in [0.4, 0.5) is 0 Å². The number of nitrogens with one attached hydrogen (secondary N) is 2. The molecule has 1 fully saturated rings. The number of primary sulfonamides is 1. The van der Waals surface area contributed by atoms with Crippen LogP contribution in [-0.2, 0) is 23.0 Å². The minimum Gasteiger partial charge on any atom is -0.496 e. The van der Waals surface area contributed by atoms with Crippen LogP contribution in [0.5, 0.6) is 5.75 Å². The molecule has 7 nitrogen and oxygen atoms in total. The second kappa shape index (κ2) is 10.1. The maximum atomic E-state index is 12.6. The van der Waals surface area contributed by atoms with Gasteiger partial charge in [0.1, 0.15) is 5.75 Å². The van der Waals surface area contributed by atoms with E-state index in [1.165, 1.54) is 12.1 Å². The lowest BCUT2D eigenvalue weighted by Crippen LogP contribution is -2.23. The summed E-state index contributed by atoms with van der Waals surface area (Å²) in [5, 5.41) is 11.3. The van der Waals surface area contributed by atoms with E-state index < -0.39 is 10.0 Å². The summed E-state index contributed by atoms with van der Waals surface area (Å²) in [6, 6.07) is 11.6. The summed E-state index contributed by atoms with van der Waals surface area (Å²) in [7, 11) is -2.08. The lowest BCUT2D eigenvalue weighted by atomic mass is 9.96. The van der Waals surface area contributed by atoms with Gasteiger partial charge in [0, 0.05) is 12.1 Å². The number of amides is 1. The molecule has 2 aromatic rings. The van der Waals surface area contributed by atoms with Gasteiger partial charge in [0.05, 0.1) is 12.0 Å². The number of hydrogen-bond acceptors (Lipinski definition) is 5. The number of nitrogens with two attached hydrogens (primary N) is 1. The molecule has 1 atom stereocenters. The Morgan fingerprint density at radius 2 is 1.97 bits per heavy atom. The Labute approximate surface area is 177 Å². The zero-order chi connectivity index (χ0) is 20.1. The first-order valence-corrected chi connectivity index (χ1v) is 10.7. The van der Waals surface area contributed by atoms with Gasteiger partial charge in [-0.15, -0.1) is 12.4 Å². The van der Waals surface area contributed by atoms with Gasteiger partial charge in [0.2, 0.25) is 10.0 Å². The van der Waals surface area contributed by atoms with Crippen LogP contribution in [0.3, 0.4) is 0 Å². The molecule has 1 aliphatic rings. The fourth-order valence-corrected chi connectivity index (χ4v) is 3.88. The van der Waals surface area contributed by atoms with Crippen LogP contribution < -0.4 is 20.5 Å². The van der Waals surface area contributed by atoms with Gasteiger partial charge in [-0.2, -0.15) is 0 Å². The van der Waals surface area contributed by atoms with E-state index in [9.17, 15) is 13.2 Å². The van der Waals surface area contributed by atoms with Crippen molar-refractivity contribution in [1.29, 1.82) is 0 Å². The number of rotatable bonds is 7. The Hall–Kier alpha value is -2.13. The smallest absolute Gasteiger partial charge is 0.251 e. The first-order valence-electron chi connectivity index (χ1n) is 9.14. The summed E-state index contributed by atoms with van der Waals surface area (Å²) in [5.41, 5.74) is 2.38. The van der Waals surface area contributed by atoms with Crippen molar-refractivity contribution in [2.24, 2.45) is 11.1 Å². The number of ether oxygens (including phenoxy) is 1. The minimum absolute atomic E-state index is 0. The van der Waals surface area contributed by atoms with Crippen molar-refractivity contribution in [3.05, 3.63) is 59.2 Å². The van der Waals surface area contributed by atoms with Gasteiger partial charge in [0.15, 0.2) is 0 Å². The van der Waals surface area contributed by atoms with E-state index >= 15 is 0 Å². The third-order valence-corrected chi connectivity index (χ3v) is 5.85. The highest BCUT2D eigenvalue weighted by molar-refractivity contribution is 7.89. The van der Waals surface area contributed by atoms with Crippen LogP contribution in [0.2, 0.25) is 0 Å². The van der Waals surface area contributed by atoms with Crippen molar-refractivity contribution < 1.29 is 17.9 Å². The molecule has 3 rings (SSSR count). The second-order valence-electron chi connectivity index (χ2n) is 6.96. The number of halogens is 1. The Bertz CT molecular complexity index is 943. The molecule has 9 heteroatoms. The average Bonchev–Trinajstić information content (AvgIpc) is 3.18. The number of hydrogen-bond donors (Lipinski definition) is 3. The Morgan fingerprint density at radius 3 is 2.55 bits per heavy atom. The summed E-state index contributed by atoms with van der Waals surface area (Å²) in [4.78, 5) is 12.6. The van der Waals surface area contributed by atoms with Crippen LogP contribution in [0.25, 0.3) is 0 Å². The van der Waals surface area contributed by atoms with Crippen molar-refractivity contribution in [3.63, 3.8) is 0 Å². The molecule has 0 radical (unpaired) electrons. The summed E-state index contributed by atoms with van der Waals surface area (Å²) in [5.74, 6) is 1.15. The molecule has 2 aromatic carbocycles. The van der Waals surface area contributed by atoms with Crippen molar-refractivity contribution in [2.75, 3.05) is 20.2 Å². The average molecular weight is 440 g/mol. The number of carbonyl (C=O) groups is 1. The summed E-state index contributed by atoms with van der Waals surface area (Å²) in [6.07, 6.45) is 1.99. The van der Waals surface area contributed by atoms with E-state index in [0.717, 1.165) is 42.8 Å². The highest BCUT2D eigenvalue weighted by Crippen LogP contribution is 2.25. The molecule has 158 valence electrons. The van der Waals surface area contributed by atoms with Gasteiger partial charge in [-0.1, -0.05) is 12.1 Å². The molecule has 1 amide bonds. The molecular formula is C20H26ClN3O4S. The largest absolute Gasteiger partial charge is 0.496 e. The summed E-state index contributed by atoms with van der Waals surface area (Å²) in [6.45, 7) is 2.29. The minimum atomic E-state index is -3.72. The standard InChI is InChI=1S/C20H25N3O4S.ClH/c1-27-19-7-4-16(11-17(19)10-15-8-9-22-12-15)20(24)23-13-14-2-5-18(6-3-14)28(21,25)26;/h2-7,11,15,22H,8-10,12-13H2,1H3,(H,23,24)(H2,21,25,26);1H. The molecule has 1 unspecified atom stereocenters. The zero-order valence-corrected chi connectivity index (χ0v) is 17.8. The SMILES string of the molecule is COc1ccc(C(=O)NCc2ccc(S(N)(=O)=O)cc2)cc1CC1CCNC1.Cl. The van der Waals surface area contributed by atoms with Crippen LogP contribution in [0, 0.1) is 5.92 Å². The molecule has 4 N–H and O–H groups in total. The molecular weight excluding hydrogens is 414 g/mol. The number of benzene rings is 2. The van der Waals surface area contributed by atoms with E-state index in [4.69, 9.17) is 9.88 Å². The number of sulfonamides is 1. The van der Waals surface area contributed by atoms with Crippen LogP contribution in [-0.4, -0.2) is 34.5 Å². The molecule has 1 aliphatic heterocycles. The van der Waals surface area contributed by atoms with Crippen molar-refractivity contribution >= 4 is 28.3 Å². The Balaban J connectivity index is 0.00000300. The summed E-state index contributed by atoms with van der Waals surface area (Å²) >= 11 is 0. The van der Waals surface area contributed by atoms with Gasteiger partial charge in [-0.05, 0) is 73.3 Å². The first kappa shape index (κ1) is 23.2. The lowest BCUT2D eigenvalue weighted by Gasteiger charge is -2.14. The van der Waals surface area contributed by atoms with Gasteiger partial charge >= 0.3 is 0 Å². The van der Waals surface area contributed by atoms with E-state index in [2.05, 4.69) is 10.6 Å². The van der Waals surface area contributed by atoms with Gasteiger partial charge in [-0.25, -0.2) is 13.6 Å². The predicted molar refractivity (Wildman–Crippen MR) is 114 cm³/mol. The number of carbonyl (C=O) groups excluding carboxylic acids is 1. The lowest BCUT2D eigenvalue weighted by molar-refractivity contribution is 0.0950. The van der Waals surface area contributed by atoms with E-state index in [1.807, 2.05) is 12.1 Å². The second-order valence-corrected chi connectivity index (χ2v) is 8.52. The van der Waals surface area contributed by atoms with Gasteiger partial charge in [0.25, 0.3) is 5.91 Å². The highest BCUT2D eigenvalue weighted by Gasteiger charge is 2.18. The predicted octanol–water partition coefficient (Wildman–Crippen LogP) is 1.85. The van der Waals surface area contributed by atoms with Crippen LogP contribution >= 0.6 is 12.4 Å². The maximum absolute atomic E-state index is 12.6. The number of methoxy groups -OCH3 is 1. The molecule has 0 spiro atoms. The fourth-order valence-electron chi connectivity index (χ4n) is 3.36. The summed E-state index contributed by atoms with van der Waals surface area (Å²) < 4.78 is 28.0. The third-order valence-electron chi connectivity index (χ3n) is 4.92. The Kier molecular flexibility index (Phi) is 8.04. The monoisotopic (exact) mass is 439 g/mol. The Morgan fingerprint density at radius 1 is 1.24 bits per heavy atom. The zero-order valence-electron chi connectivity index (χ0n) is 16.2. The maximum Gasteiger partial charge on any atom is 0.251 e. The van der Waals surface area contributed by atoms with E-state index in [-0.39, 0.29) is 29.8 Å². The molecule has 29 heavy (non-hydrogen) atoms. The topological polar surface area (TPSA) is 111 Å². The fraction of sp³-hybridized carbons (Fsp3) is 0.350. The highest BCUT2D eigenvalue weighted by atomic mass is 35.5. The van der Waals surface area contributed by atoms with E-state index in [1.54, 1.807) is 25.3 Å². The molecule has 1 saturated heterocycles. The van der Waals surface area contributed by atoms with Crippen LogP contribution in [0.1, 0.15) is 27.9 Å².